The molecule has 8 nitrogen and oxygen atoms in total. The van der Waals surface area contributed by atoms with Crippen molar-refractivity contribution in [1.29, 1.82) is 0 Å². The monoisotopic (exact) mass is 498 g/mol. The van der Waals surface area contributed by atoms with Crippen molar-refractivity contribution >= 4 is 27.8 Å². The van der Waals surface area contributed by atoms with Crippen LogP contribution in [0.2, 0.25) is 0 Å². The van der Waals surface area contributed by atoms with Crippen LogP contribution in [-0.2, 0) is 13.6 Å². The molecule has 0 fully saturated rings. The van der Waals surface area contributed by atoms with Crippen LogP contribution in [0, 0.1) is 30.4 Å². The van der Waals surface area contributed by atoms with Crippen LogP contribution in [0.1, 0.15) is 27.3 Å². The SMILES string of the molecule is Cc1nc2cnc3ccc(C#CCNC(=O)c4cncn(Cc5ccc(F)c(F)c5)c4=O)cc3c2n1C. The topological polar surface area (TPSA) is 94.7 Å². The van der Waals surface area contributed by atoms with Gasteiger partial charge in [-0.25, -0.2) is 18.7 Å². The number of rotatable bonds is 4. The number of aryl methyl sites for hydroxylation is 2. The zero-order chi connectivity index (χ0) is 26.1. The minimum Gasteiger partial charge on any atom is -0.341 e. The van der Waals surface area contributed by atoms with Crippen molar-refractivity contribution in [2.24, 2.45) is 7.05 Å². The largest absolute Gasteiger partial charge is 0.341 e. The van der Waals surface area contributed by atoms with Gasteiger partial charge >= 0.3 is 0 Å². The molecule has 3 aromatic heterocycles. The van der Waals surface area contributed by atoms with Crippen LogP contribution in [0.4, 0.5) is 8.78 Å². The molecule has 0 radical (unpaired) electrons. The normalized spacial score (nSPS) is 10.9. The molecule has 0 aliphatic carbocycles. The molecule has 0 saturated carbocycles. The molecule has 10 heteroatoms. The van der Waals surface area contributed by atoms with E-state index in [1.165, 1.54) is 12.4 Å². The van der Waals surface area contributed by atoms with E-state index in [4.69, 9.17) is 0 Å². The lowest BCUT2D eigenvalue weighted by molar-refractivity contribution is 0.0956. The van der Waals surface area contributed by atoms with Crippen molar-refractivity contribution in [3.63, 3.8) is 0 Å². The summed E-state index contributed by atoms with van der Waals surface area (Å²) >= 11 is 0. The highest BCUT2D eigenvalue weighted by molar-refractivity contribution is 6.02. The van der Waals surface area contributed by atoms with E-state index in [1.807, 2.05) is 36.7 Å². The van der Waals surface area contributed by atoms with E-state index in [2.05, 4.69) is 32.1 Å². The van der Waals surface area contributed by atoms with Crippen LogP contribution in [0.5, 0.6) is 0 Å². The van der Waals surface area contributed by atoms with Gasteiger partial charge in [0.25, 0.3) is 11.5 Å². The van der Waals surface area contributed by atoms with Gasteiger partial charge in [-0.15, -0.1) is 0 Å². The Balaban J connectivity index is 1.31. The molecule has 5 aromatic rings. The predicted octanol–water partition coefficient (Wildman–Crippen LogP) is 3.09. The van der Waals surface area contributed by atoms with Crippen molar-refractivity contribution in [1.82, 2.24) is 29.4 Å². The fourth-order valence-electron chi connectivity index (χ4n) is 4.01. The molecule has 1 N–H and O–H groups in total. The van der Waals surface area contributed by atoms with Crippen LogP contribution in [0.25, 0.3) is 21.9 Å². The third-order valence-electron chi connectivity index (χ3n) is 5.98. The number of amides is 1. The maximum atomic E-state index is 13.5. The highest BCUT2D eigenvalue weighted by Crippen LogP contribution is 2.24. The Morgan fingerprint density at radius 1 is 1.08 bits per heavy atom. The summed E-state index contributed by atoms with van der Waals surface area (Å²) in [6.07, 6.45) is 4.13. The number of nitrogens with one attached hydrogen (secondary N) is 1. The molecule has 1 amide bonds. The van der Waals surface area contributed by atoms with Crippen molar-refractivity contribution in [3.8, 4) is 11.8 Å². The number of halogens is 2. The van der Waals surface area contributed by atoms with Crippen LogP contribution in [0.3, 0.4) is 0 Å². The molecule has 0 aliphatic heterocycles. The average molecular weight is 498 g/mol. The summed E-state index contributed by atoms with van der Waals surface area (Å²) in [5.41, 5.74) is 2.90. The van der Waals surface area contributed by atoms with Gasteiger partial charge in [-0.2, -0.15) is 0 Å². The third kappa shape index (κ3) is 4.67. The number of aromatic nitrogens is 5. The number of nitrogens with zero attached hydrogens (tertiary/aromatic N) is 5. The summed E-state index contributed by atoms with van der Waals surface area (Å²) in [6.45, 7) is 1.86. The molecule has 3 heterocycles. The zero-order valence-electron chi connectivity index (χ0n) is 19.9. The summed E-state index contributed by atoms with van der Waals surface area (Å²) in [6, 6.07) is 8.98. The zero-order valence-corrected chi connectivity index (χ0v) is 19.9. The maximum absolute atomic E-state index is 13.5. The third-order valence-corrected chi connectivity index (χ3v) is 5.98. The second kappa shape index (κ2) is 9.62. The summed E-state index contributed by atoms with van der Waals surface area (Å²) in [5.74, 6) is 4.14. The number of imidazole rings is 1. The summed E-state index contributed by atoms with van der Waals surface area (Å²) in [4.78, 5) is 38.2. The Bertz CT molecular complexity index is 1810. The fourth-order valence-corrected chi connectivity index (χ4v) is 4.01. The molecular formula is C27H20F2N6O2. The van der Waals surface area contributed by atoms with Crippen molar-refractivity contribution in [2.45, 2.75) is 13.5 Å². The Morgan fingerprint density at radius 2 is 1.92 bits per heavy atom. The van der Waals surface area contributed by atoms with Crippen LogP contribution >= 0.6 is 0 Å². The lowest BCUT2D eigenvalue weighted by Gasteiger charge is -2.08. The second-order valence-corrected chi connectivity index (χ2v) is 8.42. The van der Waals surface area contributed by atoms with E-state index in [0.29, 0.717) is 5.56 Å². The molecule has 0 saturated heterocycles. The lowest BCUT2D eigenvalue weighted by atomic mass is 10.1. The Hall–Kier alpha value is -4.91. The molecule has 0 unspecified atom stereocenters. The first-order valence-electron chi connectivity index (χ1n) is 11.3. The summed E-state index contributed by atoms with van der Waals surface area (Å²) in [7, 11) is 1.95. The highest BCUT2D eigenvalue weighted by atomic mass is 19.2. The standard InChI is InChI=1S/C27H20F2N6O2/c1-16-33-24-13-32-23-8-6-17(10-19(23)25(24)34(16)2)4-3-9-31-26(36)20-12-30-15-35(27(20)37)14-18-5-7-21(28)22(29)11-18/h5-8,10-13,15H,9,14H2,1-2H3,(H,31,36). The Labute approximate surface area is 209 Å². The van der Waals surface area contributed by atoms with Gasteiger partial charge in [-0.3, -0.25) is 19.1 Å². The van der Waals surface area contributed by atoms with Gasteiger partial charge in [0, 0.05) is 24.2 Å². The molecule has 0 bridgehead atoms. The molecule has 0 spiro atoms. The number of fused-ring (bicyclic) bond motifs is 3. The first-order valence-corrected chi connectivity index (χ1v) is 11.3. The number of hydrogen-bond acceptors (Lipinski definition) is 5. The van der Waals surface area contributed by atoms with Crippen molar-refractivity contribution < 1.29 is 13.6 Å². The molecule has 0 atom stereocenters. The van der Waals surface area contributed by atoms with Gasteiger partial charge in [-0.05, 0) is 42.8 Å². The molecule has 0 aliphatic rings. The minimum absolute atomic E-state index is 0.00163. The van der Waals surface area contributed by atoms with Gasteiger partial charge in [0.1, 0.15) is 16.9 Å². The van der Waals surface area contributed by atoms with E-state index in [9.17, 15) is 18.4 Å². The minimum atomic E-state index is -1.02. The van der Waals surface area contributed by atoms with E-state index < -0.39 is 23.1 Å². The number of carbonyl (C=O) groups is 1. The van der Waals surface area contributed by atoms with Gasteiger partial charge in [0.2, 0.25) is 0 Å². The summed E-state index contributed by atoms with van der Waals surface area (Å²) in [5, 5.41) is 3.52. The molecule has 5 rings (SSSR count). The van der Waals surface area contributed by atoms with Gasteiger partial charge in [0.15, 0.2) is 11.6 Å². The number of carbonyl (C=O) groups excluding carboxylic acids is 1. The Kier molecular flexibility index (Phi) is 6.19. The first kappa shape index (κ1) is 23.8. The summed E-state index contributed by atoms with van der Waals surface area (Å²) < 4.78 is 29.8. The van der Waals surface area contributed by atoms with E-state index in [1.54, 1.807) is 6.20 Å². The average Bonchev–Trinajstić information content (AvgIpc) is 3.18. The molecule has 2 aromatic carbocycles. The van der Waals surface area contributed by atoms with Crippen LogP contribution < -0.4 is 10.9 Å². The lowest BCUT2D eigenvalue weighted by Crippen LogP contribution is -2.33. The number of hydrogen-bond donors (Lipinski definition) is 1. The van der Waals surface area contributed by atoms with E-state index in [0.717, 1.165) is 56.2 Å². The predicted molar refractivity (Wildman–Crippen MR) is 134 cm³/mol. The number of pyridine rings is 1. The second-order valence-electron chi connectivity index (χ2n) is 8.42. The highest BCUT2D eigenvalue weighted by Gasteiger charge is 2.13. The van der Waals surface area contributed by atoms with E-state index in [-0.39, 0.29) is 18.7 Å². The molecule has 184 valence electrons. The fraction of sp³-hybridized carbons (Fsp3) is 0.148. The van der Waals surface area contributed by atoms with Gasteiger partial charge in [0.05, 0.1) is 36.6 Å². The Morgan fingerprint density at radius 3 is 2.73 bits per heavy atom. The van der Waals surface area contributed by atoms with Gasteiger partial charge < -0.3 is 9.88 Å². The molecular weight excluding hydrogens is 478 g/mol. The van der Waals surface area contributed by atoms with Crippen LogP contribution in [-0.4, -0.2) is 36.5 Å². The van der Waals surface area contributed by atoms with Crippen molar-refractivity contribution in [3.05, 3.63) is 99.6 Å². The van der Waals surface area contributed by atoms with Gasteiger partial charge in [-0.1, -0.05) is 17.9 Å². The number of benzene rings is 2. The van der Waals surface area contributed by atoms with E-state index >= 15 is 0 Å². The van der Waals surface area contributed by atoms with Crippen molar-refractivity contribution in [2.75, 3.05) is 6.54 Å². The molecule has 37 heavy (non-hydrogen) atoms. The quantitative estimate of drug-likeness (QED) is 0.385. The smallest absolute Gasteiger partial charge is 0.266 e. The maximum Gasteiger partial charge on any atom is 0.266 e. The first-order chi connectivity index (χ1) is 17.8. The van der Waals surface area contributed by atoms with Crippen LogP contribution in [0.15, 0.2) is 59.9 Å².